The molecule has 0 amide bonds. The Morgan fingerprint density at radius 2 is 1.76 bits per heavy atom. The molecule has 17 heavy (non-hydrogen) atoms. The van der Waals surface area contributed by atoms with E-state index < -0.39 is 0 Å². The Bertz CT molecular complexity index is 364. The Morgan fingerprint density at radius 1 is 1.12 bits per heavy atom. The third kappa shape index (κ3) is 3.22. The molecule has 0 N–H and O–H groups in total. The van der Waals surface area contributed by atoms with E-state index in [1.54, 1.807) is 31.4 Å². The maximum atomic E-state index is 11.8. The van der Waals surface area contributed by atoms with Gasteiger partial charge >= 0.3 is 5.97 Å². The zero-order valence-corrected chi connectivity index (χ0v) is 10.1. The van der Waals surface area contributed by atoms with E-state index in [1.807, 2.05) is 0 Å². The van der Waals surface area contributed by atoms with Crippen molar-refractivity contribution in [2.24, 2.45) is 0 Å². The van der Waals surface area contributed by atoms with Crippen LogP contribution in [0.5, 0.6) is 5.75 Å². The van der Waals surface area contributed by atoms with Crippen LogP contribution in [0.1, 0.15) is 42.5 Å². The van der Waals surface area contributed by atoms with Crippen molar-refractivity contribution < 1.29 is 14.3 Å². The standard InChI is InChI=1S/C14H18O3/c1-16-12-9-7-11(8-10-12)14(15)17-13-5-3-2-4-6-13/h7-10,13H,2-6H2,1H3. The second kappa shape index (κ2) is 5.71. The SMILES string of the molecule is COc1ccc(C(=O)OC2CCCCC2)cc1. The van der Waals surface area contributed by atoms with Gasteiger partial charge < -0.3 is 9.47 Å². The van der Waals surface area contributed by atoms with Crippen molar-refractivity contribution >= 4 is 5.97 Å². The van der Waals surface area contributed by atoms with Crippen LogP contribution in [0.15, 0.2) is 24.3 Å². The van der Waals surface area contributed by atoms with E-state index in [9.17, 15) is 4.79 Å². The van der Waals surface area contributed by atoms with Gasteiger partial charge in [0, 0.05) is 0 Å². The normalized spacial score (nSPS) is 16.5. The van der Waals surface area contributed by atoms with Crippen LogP contribution in [0.4, 0.5) is 0 Å². The molecule has 0 aromatic heterocycles. The van der Waals surface area contributed by atoms with E-state index in [0.29, 0.717) is 5.56 Å². The first-order valence-electron chi connectivity index (χ1n) is 6.14. The summed E-state index contributed by atoms with van der Waals surface area (Å²) < 4.78 is 10.5. The smallest absolute Gasteiger partial charge is 0.338 e. The number of benzene rings is 1. The van der Waals surface area contributed by atoms with Gasteiger partial charge in [0.05, 0.1) is 12.7 Å². The summed E-state index contributed by atoms with van der Waals surface area (Å²) in [5, 5.41) is 0. The molecule has 0 saturated heterocycles. The van der Waals surface area contributed by atoms with Crippen LogP contribution in [0.25, 0.3) is 0 Å². The molecule has 1 aromatic rings. The second-order valence-corrected chi connectivity index (χ2v) is 4.39. The maximum Gasteiger partial charge on any atom is 0.338 e. The predicted molar refractivity (Wildman–Crippen MR) is 65.3 cm³/mol. The molecule has 0 heterocycles. The summed E-state index contributed by atoms with van der Waals surface area (Å²) in [6, 6.07) is 7.03. The molecule has 0 aliphatic heterocycles. The number of methoxy groups -OCH3 is 1. The highest BCUT2D eigenvalue weighted by atomic mass is 16.5. The number of esters is 1. The van der Waals surface area contributed by atoms with Gasteiger partial charge in [-0.15, -0.1) is 0 Å². The first kappa shape index (κ1) is 12.0. The number of carbonyl (C=O) groups is 1. The van der Waals surface area contributed by atoms with Crippen LogP contribution in [0, 0.1) is 0 Å². The van der Waals surface area contributed by atoms with E-state index in [2.05, 4.69) is 0 Å². The zero-order chi connectivity index (χ0) is 12.1. The molecule has 1 aliphatic rings. The third-order valence-corrected chi connectivity index (χ3v) is 3.15. The second-order valence-electron chi connectivity index (χ2n) is 4.39. The van der Waals surface area contributed by atoms with Crippen molar-refractivity contribution in [3.05, 3.63) is 29.8 Å². The van der Waals surface area contributed by atoms with Crippen LogP contribution in [-0.4, -0.2) is 19.2 Å². The fraction of sp³-hybridized carbons (Fsp3) is 0.500. The van der Waals surface area contributed by atoms with Gasteiger partial charge in [-0.25, -0.2) is 4.79 Å². The van der Waals surface area contributed by atoms with Crippen molar-refractivity contribution in [2.75, 3.05) is 7.11 Å². The van der Waals surface area contributed by atoms with Crippen LogP contribution in [-0.2, 0) is 4.74 Å². The van der Waals surface area contributed by atoms with Crippen LogP contribution in [0.3, 0.4) is 0 Å². The number of ether oxygens (including phenoxy) is 2. The molecule has 1 aliphatic carbocycles. The number of hydrogen-bond donors (Lipinski definition) is 0. The largest absolute Gasteiger partial charge is 0.497 e. The molecule has 1 fully saturated rings. The minimum absolute atomic E-state index is 0.110. The lowest BCUT2D eigenvalue weighted by molar-refractivity contribution is 0.0211. The van der Waals surface area contributed by atoms with Gasteiger partial charge in [0.15, 0.2) is 0 Å². The quantitative estimate of drug-likeness (QED) is 0.753. The molecule has 0 unspecified atom stereocenters. The maximum absolute atomic E-state index is 11.8. The molecule has 3 nitrogen and oxygen atoms in total. The highest BCUT2D eigenvalue weighted by molar-refractivity contribution is 5.89. The molecule has 1 saturated carbocycles. The average molecular weight is 234 g/mol. The Morgan fingerprint density at radius 3 is 2.35 bits per heavy atom. The van der Waals surface area contributed by atoms with Gasteiger partial charge in [-0.1, -0.05) is 6.42 Å². The monoisotopic (exact) mass is 234 g/mol. The summed E-state index contributed by atoms with van der Waals surface area (Å²) in [4.78, 5) is 11.8. The summed E-state index contributed by atoms with van der Waals surface area (Å²) in [7, 11) is 1.61. The van der Waals surface area contributed by atoms with Crippen molar-refractivity contribution in [3.63, 3.8) is 0 Å². The Hall–Kier alpha value is -1.51. The van der Waals surface area contributed by atoms with Crippen LogP contribution in [0.2, 0.25) is 0 Å². The first-order valence-corrected chi connectivity index (χ1v) is 6.14. The first-order chi connectivity index (χ1) is 8.29. The van der Waals surface area contributed by atoms with Crippen molar-refractivity contribution in [2.45, 2.75) is 38.2 Å². The minimum Gasteiger partial charge on any atom is -0.497 e. The van der Waals surface area contributed by atoms with Gasteiger partial charge in [0.25, 0.3) is 0 Å². The summed E-state index contributed by atoms with van der Waals surface area (Å²) in [5.74, 6) is 0.527. The van der Waals surface area contributed by atoms with Gasteiger partial charge in [0.1, 0.15) is 11.9 Å². The topological polar surface area (TPSA) is 35.5 Å². The molecule has 0 bridgehead atoms. The minimum atomic E-state index is -0.223. The Kier molecular flexibility index (Phi) is 4.02. The molecular formula is C14H18O3. The molecule has 2 rings (SSSR count). The van der Waals surface area contributed by atoms with Crippen LogP contribution < -0.4 is 4.74 Å². The Labute approximate surface area is 102 Å². The van der Waals surface area contributed by atoms with E-state index >= 15 is 0 Å². The summed E-state index contributed by atoms with van der Waals surface area (Å²) in [6.45, 7) is 0. The lowest BCUT2D eigenvalue weighted by Gasteiger charge is -2.21. The average Bonchev–Trinajstić information content (AvgIpc) is 2.40. The number of rotatable bonds is 3. The van der Waals surface area contributed by atoms with Gasteiger partial charge in [-0.3, -0.25) is 0 Å². The zero-order valence-electron chi connectivity index (χ0n) is 10.1. The molecule has 0 spiro atoms. The van der Waals surface area contributed by atoms with Crippen molar-refractivity contribution in [1.82, 2.24) is 0 Å². The molecule has 0 atom stereocenters. The lowest BCUT2D eigenvalue weighted by atomic mass is 9.98. The van der Waals surface area contributed by atoms with Crippen molar-refractivity contribution in [3.8, 4) is 5.75 Å². The molecule has 92 valence electrons. The fourth-order valence-corrected chi connectivity index (χ4v) is 2.13. The van der Waals surface area contributed by atoms with Gasteiger partial charge in [-0.05, 0) is 49.9 Å². The highest BCUT2D eigenvalue weighted by Gasteiger charge is 2.18. The van der Waals surface area contributed by atoms with E-state index in [4.69, 9.17) is 9.47 Å². The van der Waals surface area contributed by atoms with E-state index in [1.165, 1.54) is 19.3 Å². The third-order valence-electron chi connectivity index (χ3n) is 3.15. The lowest BCUT2D eigenvalue weighted by Crippen LogP contribution is -2.20. The molecular weight excluding hydrogens is 216 g/mol. The fourth-order valence-electron chi connectivity index (χ4n) is 2.13. The van der Waals surface area contributed by atoms with E-state index in [0.717, 1.165) is 18.6 Å². The summed E-state index contributed by atoms with van der Waals surface area (Å²) in [5.41, 5.74) is 0.594. The van der Waals surface area contributed by atoms with Gasteiger partial charge in [0.2, 0.25) is 0 Å². The summed E-state index contributed by atoms with van der Waals surface area (Å²) in [6.07, 6.45) is 5.71. The number of carbonyl (C=O) groups excluding carboxylic acids is 1. The predicted octanol–water partition coefficient (Wildman–Crippen LogP) is 3.18. The van der Waals surface area contributed by atoms with Crippen LogP contribution >= 0.6 is 0 Å². The summed E-state index contributed by atoms with van der Waals surface area (Å²) >= 11 is 0. The molecule has 1 aromatic carbocycles. The highest BCUT2D eigenvalue weighted by Crippen LogP contribution is 2.21. The molecule has 3 heteroatoms. The molecule has 0 radical (unpaired) electrons. The van der Waals surface area contributed by atoms with E-state index in [-0.39, 0.29) is 12.1 Å². The van der Waals surface area contributed by atoms with Crippen molar-refractivity contribution in [1.29, 1.82) is 0 Å². The van der Waals surface area contributed by atoms with Gasteiger partial charge in [-0.2, -0.15) is 0 Å². The Balaban J connectivity index is 1.93. The number of hydrogen-bond acceptors (Lipinski definition) is 3.